The number of alkyl halides is 2. The third-order valence-corrected chi connectivity index (χ3v) is 6.35. The molecule has 0 aromatic heterocycles. The molecule has 1 aliphatic heterocycles. The van der Waals surface area contributed by atoms with Gasteiger partial charge in [0.1, 0.15) is 0 Å². The van der Waals surface area contributed by atoms with Crippen molar-refractivity contribution in [2.75, 3.05) is 10.7 Å². The number of hydrogen-bond acceptors (Lipinski definition) is 1. The molecular formula is C16H22Br2O. The first-order valence-electron chi connectivity index (χ1n) is 6.99. The van der Waals surface area contributed by atoms with E-state index in [9.17, 15) is 0 Å². The second kappa shape index (κ2) is 7.24. The Morgan fingerprint density at radius 1 is 1.16 bits per heavy atom. The number of ether oxygens (including phenoxy) is 1. The maximum atomic E-state index is 6.02. The minimum Gasteiger partial charge on any atom is -0.375 e. The molecule has 0 saturated carbocycles. The van der Waals surface area contributed by atoms with E-state index in [1.165, 1.54) is 18.4 Å². The van der Waals surface area contributed by atoms with E-state index in [2.05, 4.69) is 69.1 Å². The van der Waals surface area contributed by atoms with E-state index in [4.69, 9.17) is 4.74 Å². The fourth-order valence-corrected chi connectivity index (χ4v) is 4.64. The van der Waals surface area contributed by atoms with Crippen molar-refractivity contribution in [3.8, 4) is 0 Å². The summed E-state index contributed by atoms with van der Waals surface area (Å²) in [4.78, 5) is 0. The Morgan fingerprint density at radius 2 is 1.84 bits per heavy atom. The van der Waals surface area contributed by atoms with E-state index in [-0.39, 0.29) is 5.41 Å². The lowest BCUT2D eigenvalue weighted by Crippen LogP contribution is -2.32. The number of benzene rings is 1. The molecule has 1 heterocycles. The van der Waals surface area contributed by atoms with Gasteiger partial charge in [-0.25, -0.2) is 0 Å². The first-order chi connectivity index (χ1) is 9.17. The third kappa shape index (κ3) is 4.30. The predicted molar refractivity (Wildman–Crippen MR) is 88.4 cm³/mol. The lowest BCUT2D eigenvalue weighted by molar-refractivity contribution is 0.0306. The van der Waals surface area contributed by atoms with Crippen LogP contribution in [0.3, 0.4) is 0 Å². The van der Waals surface area contributed by atoms with Gasteiger partial charge in [0, 0.05) is 10.7 Å². The molecule has 2 rings (SSSR count). The van der Waals surface area contributed by atoms with Crippen LogP contribution in [-0.4, -0.2) is 22.9 Å². The Morgan fingerprint density at radius 3 is 2.37 bits per heavy atom. The summed E-state index contributed by atoms with van der Waals surface area (Å²) in [5, 5.41) is 2.02. The lowest BCUT2D eigenvalue weighted by atomic mass is 9.80. The average Bonchev–Trinajstić information content (AvgIpc) is 2.84. The van der Waals surface area contributed by atoms with Crippen molar-refractivity contribution in [3.05, 3.63) is 35.9 Å². The van der Waals surface area contributed by atoms with Gasteiger partial charge >= 0.3 is 0 Å². The van der Waals surface area contributed by atoms with Crippen molar-refractivity contribution in [2.24, 2.45) is 5.41 Å². The molecule has 0 bridgehead atoms. The van der Waals surface area contributed by atoms with Crippen LogP contribution in [0.1, 0.15) is 31.7 Å². The Kier molecular flexibility index (Phi) is 5.91. The zero-order valence-electron chi connectivity index (χ0n) is 11.4. The number of halogens is 2. The van der Waals surface area contributed by atoms with Gasteiger partial charge in [-0.05, 0) is 43.6 Å². The highest BCUT2D eigenvalue weighted by atomic mass is 79.9. The van der Waals surface area contributed by atoms with Crippen molar-refractivity contribution in [2.45, 2.75) is 44.8 Å². The quantitative estimate of drug-likeness (QED) is 0.624. The molecule has 106 valence electrons. The predicted octanol–water partition coefficient (Wildman–Crippen LogP) is 4.96. The van der Waals surface area contributed by atoms with Crippen LogP contribution in [0.15, 0.2) is 30.3 Å². The van der Waals surface area contributed by atoms with Gasteiger partial charge in [-0.3, -0.25) is 0 Å². The summed E-state index contributed by atoms with van der Waals surface area (Å²) >= 11 is 7.46. The molecule has 0 N–H and O–H groups in total. The van der Waals surface area contributed by atoms with Crippen molar-refractivity contribution in [1.82, 2.24) is 0 Å². The topological polar surface area (TPSA) is 9.23 Å². The lowest BCUT2D eigenvalue weighted by Gasteiger charge is -2.32. The van der Waals surface area contributed by atoms with E-state index in [0.29, 0.717) is 12.2 Å². The van der Waals surface area contributed by atoms with Crippen LogP contribution in [0.2, 0.25) is 0 Å². The molecule has 0 radical (unpaired) electrons. The molecule has 1 aliphatic rings. The standard InChI is InChI=1S/C16H22Br2O/c1-13-7-8-15(19-13)10-16(11-17,12-18)9-14-5-3-2-4-6-14/h2-6,13,15H,7-12H2,1H3. The molecule has 2 unspecified atom stereocenters. The molecule has 0 spiro atoms. The Bertz CT molecular complexity index is 376. The van der Waals surface area contributed by atoms with Crippen LogP contribution >= 0.6 is 31.9 Å². The summed E-state index contributed by atoms with van der Waals surface area (Å²) in [7, 11) is 0. The number of rotatable bonds is 6. The minimum atomic E-state index is 0.246. The molecule has 1 aromatic rings. The first kappa shape index (κ1) is 15.5. The van der Waals surface area contributed by atoms with Crippen molar-refractivity contribution in [1.29, 1.82) is 0 Å². The van der Waals surface area contributed by atoms with Gasteiger partial charge in [0.15, 0.2) is 0 Å². The second-order valence-electron chi connectivity index (χ2n) is 5.78. The molecule has 19 heavy (non-hydrogen) atoms. The van der Waals surface area contributed by atoms with Gasteiger partial charge in [0.25, 0.3) is 0 Å². The number of hydrogen-bond donors (Lipinski definition) is 0. The van der Waals surface area contributed by atoms with E-state index < -0.39 is 0 Å². The minimum absolute atomic E-state index is 0.246. The van der Waals surface area contributed by atoms with Crippen LogP contribution in [0.5, 0.6) is 0 Å². The van der Waals surface area contributed by atoms with Crippen LogP contribution in [0, 0.1) is 5.41 Å². The smallest absolute Gasteiger partial charge is 0.0585 e. The van der Waals surface area contributed by atoms with Crippen molar-refractivity contribution < 1.29 is 4.74 Å². The summed E-state index contributed by atoms with van der Waals surface area (Å²) in [5.74, 6) is 0. The van der Waals surface area contributed by atoms with E-state index in [1.54, 1.807) is 0 Å². The normalized spacial score (nSPS) is 23.7. The van der Waals surface area contributed by atoms with Gasteiger partial charge in [0.05, 0.1) is 12.2 Å². The Labute approximate surface area is 133 Å². The molecule has 1 fully saturated rings. The Hall–Kier alpha value is 0.140. The largest absolute Gasteiger partial charge is 0.375 e. The third-order valence-electron chi connectivity index (χ3n) is 3.97. The van der Waals surface area contributed by atoms with E-state index >= 15 is 0 Å². The molecule has 1 nitrogen and oxygen atoms in total. The monoisotopic (exact) mass is 388 g/mol. The molecule has 0 aliphatic carbocycles. The van der Waals surface area contributed by atoms with Crippen LogP contribution in [-0.2, 0) is 11.2 Å². The van der Waals surface area contributed by atoms with Gasteiger partial charge < -0.3 is 4.74 Å². The maximum absolute atomic E-state index is 6.02. The second-order valence-corrected chi connectivity index (χ2v) is 6.90. The molecule has 1 saturated heterocycles. The van der Waals surface area contributed by atoms with Crippen molar-refractivity contribution in [3.63, 3.8) is 0 Å². The zero-order chi connectivity index (χ0) is 13.7. The van der Waals surface area contributed by atoms with Gasteiger partial charge in [-0.1, -0.05) is 62.2 Å². The SMILES string of the molecule is CC1CCC(CC(CBr)(CBr)Cc2ccccc2)O1. The summed E-state index contributed by atoms with van der Waals surface area (Å²) in [5.41, 5.74) is 1.66. The van der Waals surface area contributed by atoms with E-state index in [0.717, 1.165) is 23.5 Å². The summed E-state index contributed by atoms with van der Waals surface area (Å²) < 4.78 is 6.02. The maximum Gasteiger partial charge on any atom is 0.0585 e. The Balaban J connectivity index is 2.04. The molecule has 3 heteroatoms. The van der Waals surface area contributed by atoms with Crippen LogP contribution < -0.4 is 0 Å². The molecule has 2 atom stereocenters. The summed E-state index contributed by atoms with van der Waals surface area (Å²) in [6, 6.07) is 10.8. The fraction of sp³-hybridized carbons (Fsp3) is 0.625. The summed E-state index contributed by atoms with van der Waals surface area (Å²) in [6.45, 7) is 2.18. The molecule has 0 amide bonds. The van der Waals surface area contributed by atoms with Crippen LogP contribution in [0.4, 0.5) is 0 Å². The van der Waals surface area contributed by atoms with Gasteiger partial charge in [-0.2, -0.15) is 0 Å². The molecular weight excluding hydrogens is 368 g/mol. The van der Waals surface area contributed by atoms with Gasteiger partial charge in [-0.15, -0.1) is 0 Å². The van der Waals surface area contributed by atoms with Gasteiger partial charge in [0.2, 0.25) is 0 Å². The average molecular weight is 390 g/mol. The van der Waals surface area contributed by atoms with Crippen molar-refractivity contribution >= 4 is 31.9 Å². The highest BCUT2D eigenvalue weighted by Crippen LogP contribution is 2.37. The fourth-order valence-electron chi connectivity index (χ4n) is 2.86. The summed E-state index contributed by atoms with van der Waals surface area (Å²) in [6.07, 6.45) is 5.49. The van der Waals surface area contributed by atoms with E-state index in [1.807, 2.05) is 0 Å². The highest BCUT2D eigenvalue weighted by molar-refractivity contribution is 9.09. The van der Waals surface area contributed by atoms with Crippen LogP contribution in [0.25, 0.3) is 0 Å². The zero-order valence-corrected chi connectivity index (χ0v) is 14.6. The highest BCUT2D eigenvalue weighted by Gasteiger charge is 2.34. The first-order valence-corrected chi connectivity index (χ1v) is 9.23. The molecule has 1 aromatic carbocycles.